The lowest BCUT2D eigenvalue weighted by Gasteiger charge is -2.24. The number of fused-ring (bicyclic) bond motifs is 5. The first-order chi connectivity index (χ1) is 17.7. The number of ether oxygens (including phenoxy) is 1. The number of hydrogen-bond acceptors (Lipinski definition) is 5. The number of sulfone groups is 1. The molecule has 1 fully saturated rings. The average molecular weight is 523 g/mol. The molecule has 0 amide bonds. The summed E-state index contributed by atoms with van der Waals surface area (Å²) in [5, 5.41) is 10.8. The van der Waals surface area contributed by atoms with Gasteiger partial charge in [0.2, 0.25) is 0 Å². The van der Waals surface area contributed by atoms with Crippen LogP contribution in [0.4, 0.5) is 0 Å². The molecule has 0 bridgehead atoms. The lowest BCUT2D eigenvalue weighted by atomic mass is 9.81. The van der Waals surface area contributed by atoms with Gasteiger partial charge in [-0.2, -0.15) is 0 Å². The molecule has 5 rings (SSSR count). The van der Waals surface area contributed by atoms with Crippen LogP contribution in [-0.4, -0.2) is 62.5 Å². The second-order valence-corrected chi connectivity index (χ2v) is 12.6. The zero-order valence-corrected chi connectivity index (χ0v) is 22.5. The summed E-state index contributed by atoms with van der Waals surface area (Å²) < 4.78 is 34.7. The quantitative estimate of drug-likeness (QED) is 0.447. The molecule has 1 aromatic heterocycles. The first-order valence-electron chi connectivity index (χ1n) is 12.9. The SMILES string of the molecule is COc1ccc2c(c1)C=C(S(=O)(=O)CCN(C)C)Cn1c-2c(C2CCCCC2)c2ccc(C(=O)O)cc21. The lowest BCUT2D eigenvalue weighted by molar-refractivity contribution is 0.0697. The summed E-state index contributed by atoms with van der Waals surface area (Å²) in [7, 11) is 1.75. The van der Waals surface area contributed by atoms with E-state index in [-0.39, 0.29) is 17.9 Å². The summed E-state index contributed by atoms with van der Waals surface area (Å²) in [5.41, 5.74) is 4.93. The fraction of sp³-hybridized carbons (Fsp3) is 0.414. The van der Waals surface area contributed by atoms with Crippen molar-refractivity contribution in [2.24, 2.45) is 0 Å². The molecule has 0 saturated heterocycles. The van der Waals surface area contributed by atoms with Crippen molar-refractivity contribution in [2.75, 3.05) is 33.5 Å². The van der Waals surface area contributed by atoms with Crippen molar-refractivity contribution in [1.82, 2.24) is 9.47 Å². The van der Waals surface area contributed by atoms with Gasteiger partial charge in [0, 0.05) is 23.0 Å². The highest BCUT2D eigenvalue weighted by Crippen LogP contribution is 2.47. The normalized spacial score (nSPS) is 16.3. The Morgan fingerprint density at radius 3 is 2.54 bits per heavy atom. The number of rotatable bonds is 7. The van der Waals surface area contributed by atoms with Crippen molar-refractivity contribution in [2.45, 2.75) is 44.6 Å². The van der Waals surface area contributed by atoms with Gasteiger partial charge in [0.15, 0.2) is 9.84 Å². The molecule has 0 atom stereocenters. The average Bonchev–Trinajstić information content (AvgIpc) is 3.09. The fourth-order valence-electron chi connectivity index (χ4n) is 5.77. The van der Waals surface area contributed by atoms with Gasteiger partial charge in [0.05, 0.1) is 35.6 Å². The van der Waals surface area contributed by atoms with Crippen LogP contribution in [0.5, 0.6) is 5.75 Å². The van der Waals surface area contributed by atoms with Crippen LogP contribution in [0.15, 0.2) is 41.3 Å². The number of carboxylic acid groups (broad SMARTS) is 1. The van der Waals surface area contributed by atoms with Crippen molar-refractivity contribution >= 4 is 32.8 Å². The Morgan fingerprint density at radius 1 is 1.11 bits per heavy atom. The van der Waals surface area contributed by atoms with E-state index in [1.165, 1.54) is 12.0 Å². The van der Waals surface area contributed by atoms with Crippen LogP contribution in [0.2, 0.25) is 0 Å². The molecule has 2 aliphatic rings. The summed E-state index contributed by atoms with van der Waals surface area (Å²) in [6.07, 6.45) is 7.45. The highest BCUT2D eigenvalue weighted by atomic mass is 32.2. The molecule has 3 aromatic rings. The molecule has 0 radical (unpaired) electrons. The van der Waals surface area contributed by atoms with Gasteiger partial charge in [-0.15, -0.1) is 0 Å². The Morgan fingerprint density at radius 2 is 1.86 bits per heavy atom. The molecule has 196 valence electrons. The monoisotopic (exact) mass is 522 g/mol. The van der Waals surface area contributed by atoms with E-state index in [4.69, 9.17) is 4.74 Å². The maximum Gasteiger partial charge on any atom is 0.335 e. The summed E-state index contributed by atoms with van der Waals surface area (Å²) in [6.45, 7) is 0.578. The van der Waals surface area contributed by atoms with E-state index >= 15 is 0 Å². The van der Waals surface area contributed by atoms with Crippen LogP contribution in [0.3, 0.4) is 0 Å². The molecule has 1 aliphatic heterocycles. The summed E-state index contributed by atoms with van der Waals surface area (Å²) in [4.78, 5) is 14.1. The molecule has 0 unspecified atom stereocenters. The number of hydrogen-bond donors (Lipinski definition) is 1. The van der Waals surface area contributed by atoms with Crippen molar-refractivity contribution in [1.29, 1.82) is 0 Å². The molecule has 37 heavy (non-hydrogen) atoms. The van der Waals surface area contributed by atoms with Crippen LogP contribution < -0.4 is 4.74 Å². The smallest absolute Gasteiger partial charge is 0.335 e. The zero-order chi connectivity index (χ0) is 26.3. The zero-order valence-electron chi connectivity index (χ0n) is 21.7. The molecule has 7 nitrogen and oxygen atoms in total. The minimum Gasteiger partial charge on any atom is -0.497 e. The molecule has 1 aliphatic carbocycles. The number of carboxylic acids is 1. The van der Waals surface area contributed by atoms with Crippen LogP contribution >= 0.6 is 0 Å². The third kappa shape index (κ3) is 4.80. The molecule has 8 heteroatoms. The van der Waals surface area contributed by atoms with Gasteiger partial charge in [-0.05, 0) is 80.4 Å². The molecule has 1 saturated carbocycles. The third-order valence-corrected chi connectivity index (χ3v) is 9.48. The Bertz CT molecular complexity index is 1490. The highest BCUT2D eigenvalue weighted by Gasteiger charge is 2.31. The van der Waals surface area contributed by atoms with Crippen LogP contribution in [0.25, 0.3) is 28.2 Å². The van der Waals surface area contributed by atoms with E-state index in [2.05, 4.69) is 0 Å². The Labute approximate surface area is 218 Å². The van der Waals surface area contributed by atoms with Crippen LogP contribution in [-0.2, 0) is 16.4 Å². The van der Waals surface area contributed by atoms with E-state index in [9.17, 15) is 18.3 Å². The van der Waals surface area contributed by atoms with E-state index in [0.29, 0.717) is 23.1 Å². The summed E-state index contributed by atoms with van der Waals surface area (Å²) in [5.74, 6) is 0.0158. The predicted molar refractivity (Wildman–Crippen MR) is 147 cm³/mol. The Kier molecular flexibility index (Phi) is 6.89. The van der Waals surface area contributed by atoms with Gasteiger partial charge in [-0.3, -0.25) is 0 Å². The molecular weight excluding hydrogens is 488 g/mol. The summed E-state index contributed by atoms with van der Waals surface area (Å²) in [6, 6.07) is 11.1. The van der Waals surface area contributed by atoms with Crippen LogP contribution in [0, 0.1) is 0 Å². The maximum absolute atomic E-state index is 13.6. The fourth-order valence-corrected chi connectivity index (χ4v) is 7.27. The minimum atomic E-state index is -3.58. The van der Waals surface area contributed by atoms with E-state index in [1.54, 1.807) is 25.3 Å². The third-order valence-electron chi connectivity index (χ3n) is 7.72. The van der Waals surface area contributed by atoms with Gasteiger partial charge in [0.1, 0.15) is 5.75 Å². The van der Waals surface area contributed by atoms with E-state index in [1.807, 2.05) is 47.8 Å². The largest absolute Gasteiger partial charge is 0.497 e. The van der Waals surface area contributed by atoms with Gasteiger partial charge in [-0.25, -0.2) is 13.2 Å². The van der Waals surface area contributed by atoms with Crippen molar-refractivity contribution in [3.8, 4) is 17.0 Å². The number of benzene rings is 2. The van der Waals surface area contributed by atoms with Crippen molar-refractivity contribution in [3.63, 3.8) is 0 Å². The van der Waals surface area contributed by atoms with Crippen LogP contribution in [0.1, 0.15) is 59.5 Å². The minimum absolute atomic E-state index is 0.00945. The number of allylic oxidation sites excluding steroid dienone is 1. The lowest BCUT2D eigenvalue weighted by Crippen LogP contribution is -2.24. The van der Waals surface area contributed by atoms with Crippen molar-refractivity contribution in [3.05, 3.63) is 58.0 Å². The first-order valence-corrected chi connectivity index (χ1v) is 14.5. The van der Waals surface area contributed by atoms with Gasteiger partial charge in [0.25, 0.3) is 0 Å². The predicted octanol–water partition coefficient (Wildman–Crippen LogP) is 5.39. The second-order valence-electron chi connectivity index (χ2n) is 10.4. The molecular formula is C29H34N2O5S. The van der Waals surface area contributed by atoms with Gasteiger partial charge in [-0.1, -0.05) is 25.3 Å². The number of carbonyl (C=O) groups is 1. The number of aromatic nitrogens is 1. The summed E-state index contributed by atoms with van der Waals surface area (Å²) >= 11 is 0. The maximum atomic E-state index is 13.6. The topological polar surface area (TPSA) is 88.8 Å². The molecule has 2 aromatic carbocycles. The number of nitrogens with zero attached hydrogens (tertiary/aromatic N) is 2. The molecule has 1 N–H and O–H groups in total. The second kappa shape index (κ2) is 9.99. The van der Waals surface area contributed by atoms with E-state index < -0.39 is 15.8 Å². The molecule has 2 heterocycles. The number of methoxy groups -OCH3 is 1. The first kappa shape index (κ1) is 25.5. The van der Waals surface area contributed by atoms with Gasteiger partial charge < -0.3 is 19.3 Å². The van der Waals surface area contributed by atoms with Gasteiger partial charge >= 0.3 is 5.97 Å². The highest BCUT2D eigenvalue weighted by molar-refractivity contribution is 7.95. The Balaban J connectivity index is 1.81. The number of aromatic carboxylic acids is 1. The molecule has 0 spiro atoms. The Hall–Kier alpha value is -3.10. The van der Waals surface area contributed by atoms with E-state index in [0.717, 1.165) is 53.4 Å². The van der Waals surface area contributed by atoms with Crippen molar-refractivity contribution < 1.29 is 23.1 Å². The standard InChI is InChI=1S/C29H34N2O5S/c1-30(2)13-14-37(34,35)23-16-21-15-22(36-3)10-12-24(21)28-27(19-7-5-4-6-8-19)25-11-9-20(29(32)33)17-26(25)31(28)18-23/h9-12,15-17,19H,4-8,13-14,18H2,1-3H3,(H,32,33).